The SMILES string of the molecule is C=CCN1C=CN(C=CC)C1. The Morgan fingerprint density at radius 2 is 2.36 bits per heavy atom. The Hall–Kier alpha value is -1.18. The summed E-state index contributed by atoms with van der Waals surface area (Å²) in [4.78, 5) is 4.32. The van der Waals surface area contributed by atoms with Gasteiger partial charge in [-0.25, -0.2) is 0 Å². The molecule has 11 heavy (non-hydrogen) atoms. The number of allylic oxidation sites excluding steroid dienone is 1. The van der Waals surface area contributed by atoms with Crippen LogP contribution >= 0.6 is 0 Å². The third-order valence-electron chi connectivity index (χ3n) is 1.52. The summed E-state index contributed by atoms with van der Waals surface area (Å²) < 4.78 is 0. The van der Waals surface area contributed by atoms with Crippen molar-refractivity contribution in [1.29, 1.82) is 0 Å². The van der Waals surface area contributed by atoms with Gasteiger partial charge in [0.2, 0.25) is 0 Å². The average molecular weight is 150 g/mol. The zero-order valence-corrected chi connectivity index (χ0v) is 6.90. The normalized spacial score (nSPS) is 16.8. The van der Waals surface area contributed by atoms with Crippen molar-refractivity contribution < 1.29 is 0 Å². The largest absolute Gasteiger partial charge is 0.355 e. The van der Waals surface area contributed by atoms with E-state index >= 15 is 0 Å². The van der Waals surface area contributed by atoms with Crippen LogP contribution in [-0.2, 0) is 0 Å². The first-order chi connectivity index (χ1) is 5.36. The van der Waals surface area contributed by atoms with E-state index in [4.69, 9.17) is 0 Å². The number of hydrogen-bond donors (Lipinski definition) is 0. The lowest BCUT2D eigenvalue weighted by molar-refractivity contribution is 0.339. The van der Waals surface area contributed by atoms with Gasteiger partial charge in [-0.3, -0.25) is 0 Å². The minimum Gasteiger partial charge on any atom is -0.355 e. The summed E-state index contributed by atoms with van der Waals surface area (Å²) in [7, 11) is 0. The monoisotopic (exact) mass is 150 g/mol. The lowest BCUT2D eigenvalue weighted by Gasteiger charge is -2.16. The van der Waals surface area contributed by atoms with Gasteiger partial charge < -0.3 is 9.80 Å². The highest BCUT2D eigenvalue weighted by Gasteiger charge is 2.06. The van der Waals surface area contributed by atoms with Crippen molar-refractivity contribution in [3.05, 3.63) is 37.3 Å². The van der Waals surface area contributed by atoms with Gasteiger partial charge in [-0.2, -0.15) is 0 Å². The third kappa shape index (κ3) is 2.15. The van der Waals surface area contributed by atoms with Crippen LogP contribution in [0.1, 0.15) is 6.92 Å². The highest BCUT2D eigenvalue weighted by Crippen LogP contribution is 2.05. The zero-order chi connectivity index (χ0) is 8.10. The topological polar surface area (TPSA) is 6.48 Å². The molecule has 0 fully saturated rings. The summed E-state index contributed by atoms with van der Waals surface area (Å²) in [5.41, 5.74) is 0. The predicted octanol–water partition coefficient (Wildman–Crippen LogP) is 1.75. The molecule has 0 aromatic carbocycles. The Kier molecular flexibility index (Phi) is 2.78. The molecule has 60 valence electrons. The minimum atomic E-state index is 0.921. The Balaban J connectivity index is 2.36. The van der Waals surface area contributed by atoms with Crippen LogP contribution in [0.2, 0.25) is 0 Å². The smallest absolute Gasteiger partial charge is 0.0939 e. The fourth-order valence-electron chi connectivity index (χ4n) is 1.06. The van der Waals surface area contributed by atoms with Crippen LogP contribution in [0.15, 0.2) is 37.3 Å². The molecule has 0 spiro atoms. The molecule has 0 bridgehead atoms. The maximum Gasteiger partial charge on any atom is 0.0939 e. The van der Waals surface area contributed by atoms with Crippen molar-refractivity contribution in [2.24, 2.45) is 0 Å². The van der Waals surface area contributed by atoms with Crippen LogP contribution < -0.4 is 0 Å². The molecular weight excluding hydrogens is 136 g/mol. The summed E-state index contributed by atoms with van der Waals surface area (Å²) >= 11 is 0. The van der Waals surface area contributed by atoms with Gasteiger partial charge in [0.1, 0.15) is 0 Å². The van der Waals surface area contributed by atoms with Gasteiger partial charge in [0.05, 0.1) is 6.67 Å². The summed E-state index contributed by atoms with van der Waals surface area (Å²) in [5.74, 6) is 0. The molecule has 0 aromatic heterocycles. The molecular formula is C9H14N2. The van der Waals surface area contributed by atoms with Gasteiger partial charge in [0.25, 0.3) is 0 Å². The molecule has 1 heterocycles. The fourth-order valence-corrected chi connectivity index (χ4v) is 1.06. The van der Waals surface area contributed by atoms with E-state index in [1.54, 1.807) is 0 Å². The first kappa shape index (κ1) is 7.92. The van der Waals surface area contributed by atoms with E-state index in [2.05, 4.69) is 35.0 Å². The predicted molar refractivity (Wildman–Crippen MR) is 47.6 cm³/mol. The van der Waals surface area contributed by atoms with Gasteiger partial charge in [0, 0.05) is 25.1 Å². The summed E-state index contributed by atoms with van der Waals surface area (Å²) in [6.45, 7) is 7.56. The third-order valence-corrected chi connectivity index (χ3v) is 1.52. The maximum atomic E-state index is 3.68. The van der Waals surface area contributed by atoms with Crippen LogP contribution in [0.5, 0.6) is 0 Å². The second-order valence-corrected chi connectivity index (χ2v) is 2.50. The molecule has 0 saturated carbocycles. The zero-order valence-electron chi connectivity index (χ0n) is 6.90. The van der Waals surface area contributed by atoms with Gasteiger partial charge >= 0.3 is 0 Å². The minimum absolute atomic E-state index is 0.921. The van der Waals surface area contributed by atoms with Crippen LogP contribution in [0, 0.1) is 0 Å². The van der Waals surface area contributed by atoms with Crippen LogP contribution in [0.25, 0.3) is 0 Å². The number of nitrogens with zero attached hydrogens (tertiary/aromatic N) is 2. The van der Waals surface area contributed by atoms with E-state index in [1.807, 2.05) is 19.1 Å². The Morgan fingerprint density at radius 1 is 1.55 bits per heavy atom. The van der Waals surface area contributed by atoms with Crippen LogP contribution in [0.4, 0.5) is 0 Å². The second-order valence-electron chi connectivity index (χ2n) is 2.50. The van der Waals surface area contributed by atoms with Crippen molar-refractivity contribution in [2.75, 3.05) is 13.2 Å². The number of hydrogen-bond acceptors (Lipinski definition) is 2. The van der Waals surface area contributed by atoms with E-state index in [1.165, 1.54) is 0 Å². The summed E-state index contributed by atoms with van der Waals surface area (Å²) in [6.07, 6.45) is 10.1. The molecule has 0 saturated heterocycles. The average Bonchev–Trinajstić information content (AvgIpc) is 2.38. The first-order valence-electron chi connectivity index (χ1n) is 3.78. The molecule has 2 nitrogen and oxygen atoms in total. The standard InChI is InChI=1S/C9H14N2/c1-3-5-10-7-8-11(9-10)6-4-2/h3-4,6-8H,1,5,9H2,2H3. The van der Waals surface area contributed by atoms with Crippen molar-refractivity contribution in [2.45, 2.75) is 6.92 Å². The van der Waals surface area contributed by atoms with Gasteiger partial charge in [-0.1, -0.05) is 12.2 Å². The Bertz CT molecular complexity index is 182. The van der Waals surface area contributed by atoms with E-state index in [-0.39, 0.29) is 0 Å². The fraction of sp³-hybridized carbons (Fsp3) is 0.333. The molecule has 2 heteroatoms. The lowest BCUT2D eigenvalue weighted by Crippen LogP contribution is -2.21. The van der Waals surface area contributed by atoms with Crippen LogP contribution in [0.3, 0.4) is 0 Å². The second kappa shape index (κ2) is 3.86. The van der Waals surface area contributed by atoms with E-state index in [0.29, 0.717) is 0 Å². The molecule has 0 unspecified atom stereocenters. The first-order valence-corrected chi connectivity index (χ1v) is 3.78. The van der Waals surface area contributed by atoms with Gasteiger partial charge in [-0.15, -0.1) is 6.58 Å². The van der Waals surface area contributed by atoms with Crippen molar-refractivity contribution in [3.63, 3.8) is 0 Å². The molecule has 0 aromatic rings. The van der Waals surface area contributed by atoms with Gasteiger partial charge in [0.15, 0.2) is 0 Å². The van der Waals surface area contributed by atoms with Crippen molar-refractivity contribution in [1.82, 2.24) is 9.80 Å². The molecule has 0 aliphatic carbocycles. The van der Waals surface area contributed by atoms with Gasteiger partial charge in [-0.05, 0) is 6.92 Å². The molecule has 0 amide bonds. The highest BCUT2D eigenvalue weighted by molar-refractivity contribution is 4.98. The number of rotatable bonds is 3. The highest BCUT2D eigenvalue weighted by atomic mass is 15.3. The summed E-state index contributed by atoms with van der Waals surface area (Å²) in [6, 6.07) is 0. The Morgan fingerprint density at radius 3 is 3.00 bits per heavy atom. The molecule has 0 radical (unpaired) electrons. The lowest BCUT2D eigenvalue weighted by atomic mass is 10.6. The van der Waals surface area contributed by atoms with Crippen LogP contribution in [-0.4, -0.2) is 23.0 Å². The molecule has 0 N–H and O–H groups in total. The Labute approximate surface area is 68.1 Å². The summed E-state index contributed by atoms with van der Waals surface area (Å²) in [5, 5.41) is 0. The van der Waals surface area contributed by atoms with E-state index in [0.717, 1.165) is 13.2 Å². The molecule has 0 atom stereocenters. The van der Waals surface area contributed by atoms with Crippen molar-refractivity contribution in [3.8, 4) is 0 Å². The van der Waals surface area contributed by atoms with Crippen molar-refractivity contribution >= 4 is 0 Å². The van der Waals surface area contributed by atoms with E-state index in [9.17, 15) is 0 Å². The van der Waals surface area contributed by atoms with E-state index < -0.39 is 0 Å². The molecule has 1 aliphatic rings. The molecule has 1 rings (SSSR count). The maximum absolute atomic E-state index is 3.68. The molecule has 1 aliphatic heterocycles. The quantitative estimate of drug-likeness (QED) is 0.565.